The highest BCUT2D eigenvalue weighted by molar-refractivity contribution is 5.87. The van der Waals surface area contributed by atoms with Gasteiger partial charge in [-0.15, -0.1) is 0 Å². The topological polar surface area (TPSA) is 71.1 Å². The zero-order chi connectivity index (χ0) is 28.7. The molecule has 0 spiro atoms. The summed E-state index contributed by atoms with van der Waals surface area (Å²) in [6.45, 7) is 9.41. The van der Waals surface area contributed by atoms with Crippen LogP contribution < -0.4 is 9.47 Å². The van der Waals surface area contributed by atoms with E-state index in [1.807, 2.05) is 0 Å². The number of halogens is 6. The smallest absolute Gasteiger partial charge is 0.420 e. The molecule has 0 unspecified atom stereocenters. The van der Waals surface area contributed by atoms with Crippen molar-refractivity contribution in [2.45, 2.75) is 26.2 Å². The molecule has 2 aromatic rings. The van der Waals surface area contributed by atoms with Crippen LogP contribution >= 0.6 is 0 Å². The summed E-state index contributed by atoms with van der Waals surface area (Å²) in [6, 6.07) is 4.92. The van der Waals surface area contributed by atoms with Crippen molar-refractivity contribution in [1.82, 2.24) is 0 Å². The number of benzene rings is 2. The first kappa shape index (κ1) is 29.7. The van der Waals surface area contributed by atoms with Crippen molar-refractivity contribution in [3.05, 3.63) is 96.9 Å². The molecule has 12 heteroatoms. The van der Waals surface area contributed by atoms with Gasteiger partial charge >= 0.3 is 24.3 Å². The average molecular weight is 542 g/mol. The molecule has 0 amide bonds. The molecule has 0 aliphatic rings. The van der Waals surface area contributed by atoms with Crippen molar-refractivity contribution in [2.75, 3.05) is 0 Å². The maximum Gasteiger partial charge on any atom is 0.420 e. The van der Waals surface area contributed by atoms with Gasteiger partial charge in [0.1, 0.15) is 36.5 Å². The third-order valence-electron chi connectivity index (χ3n) is 4.45. The fraction of sp³-hybridized carbons (Fsp3) is 0.154. The fourth-order valence-corrected chi connectivity index (χ4v) is 2.69. The normalized spacial score (nSPS) is 11.9. The highest BCUT2D eigenvalue weighted by atomic mass is 19.4. The molecule has 0 bridgehead atoms. The van der Waals surface area contributed by atoms with E-state index in [9.17, 15) is 35.9 Å². The lowest BCUT2D eigenvalue weighted by Crippen LogP contribution is -2.10. The number of hydrogen-bond donors (Lipinski definition) is 0. The minimum atomic E-state index is -5.00. The molecule has 6 nitrogen and oxygen atoms in total. The number of carbonyl (C=O) groups is 2. The molecule has 2 rings (SSSR count). The lowest BCUT2D eigenvalue weighted by molar-refractivity contribution is -0.139. The van der Waals surface area contributed by atoms with Gasteiger partial charge in [0.05, 0.1) is 11.1 Å². The first-order valence-corrected chi connectivity index (χ1v) is 10.4. The molecule has 202 valence electrons. The Hall–Kier alpha value is -4.48. The summed E-state index contributed by atoms with van der Waals surface area (Å²) in [6.07, 6.45) is -7.00. The van der Waals surface area contributed by atoms with Crippen molar-refractivity contribution in [1.29, 1.82) is 0 Å². The van der Waals surface area contributed by atoms with Crippen molar-refractivity contribution in [2.24, 2.45) is 0 Å². The highest BCUT2D eigenvalue weighted by Gasteiger charge is 2.37. The second kappa shape index (κ2) is 12.2. The summed E-state index contributed by atoms with van der Waals surface area (Å²) in [5.74, 6) is -2.69. The summed E-state index contributed by atoms with van der Waals surface area (Å²) >= 11 is 0. The van der Waals surface area contributed by atoms with Gasteiger partial charge in [0.25, 0.3) is 0 Å². The molecule has 0 heterocycles. The Kier molecular flexibility index (Phi) is 9.53. The minimum absolute atomic E-state index is 0.0362. The van der Waals surface area contributed by atoms with E-state index in [0.717, 1.165) is 36.8 Å². The third-order valence-corrected chi connectivity index (χ3v) is 4.45. The molecule has 0 saturated heterocycles. The first-order valence-electron chi connectivity index (χ1n) is 10.4. The number of alkyl halides is 6. The molecule has 0 saturated carbocycles. The molecule has 0 fully saturated rings. The predicted molar refractivity (Wildman–Crippen MR) is 123 cm³/mol. The van der Waals surface area contributed by atoms with Gasteiger partial charge in [-0.25, -0.2) is 9.59 Å². The molecular formula is C26H20F6O6. The molecule has 0 aromatic heterocycles. The molecule has 0 aliphatic carbocycles. The van der Waals surface area contributed by atoms with Crippen molar-refractivity contribution >= 4 is 11.9 Å². The minimum Gasteiger partial charge on any atom is -0.462 e. The number of hydrogen-bond acceptors (Lipinski definition) is 6. The van der Waals surface area contributed by atoms with Crippen LogP contribution in [0.4, 0.5) is 26.3 Å². The zero-order valence-electron chi connectivity index (χ0n) is 19.9. The van der Waals surface area contributed by atoms with Gasteiger partial charge in [-0.1, -0.05) is 25.3 Å². The standard InChI is InChI=1S/C26H20F6O6/c1-15(2)23(33)37-11-9-35-18-6-7-19(20(14-18)25(27,28)29)17-5-8-22(21(13-17)26(30,31)32)36-10-12-38-24(34)16(3)4/h5-14H,1,3H2,2,4H3. The Morgan fingerprint density at radius 3 is 1.74 bits per heavy atom. The van der Waals surface area contributed by atoms with E-state index in [0.29, 0.717) is 24.7 Å². The Balaban J connectivity index is 2.39. The van der Waals surface area contributed by atoms with E-state index in [2.05, 4.69) is 22.6 Å². The van der Waals surface area contributed by atoms with Gasteiger partial charge in [0.15, 0.2) is 0 Å². The van der Waals surface area contributed by atoms with Gasteiger partial charge in [-0.2, -0.15) is 26.3 Å². The molecule has 0 radical (unpaired) electrons. The van der Waals surface area contributed by atoms with Crippen LogP contribution in [0.15, 0.2) is 85.8 Å². The Bertz CT molecular complexity index is 1290. The van der Waals surface area contributed by atoms with E-state index in [1.54, 1.807) is 0 Å². The van der Waals surface area contributed by atoms with Crippen molar-refractivity contribution < 1.29 is 54.9 Å². The van der Waals surface area contributed by atoms with Crippen LogP contribution in [0.2, 0.25) is 0 Å². The van der Waals surface area contributed by atoms with Gasteiger partial charge in [-0.05, 0) is 49.2 Å². The zero-order valence-corrected chi connectivity index (χ0v) is 19.9. The van der Waals surface area contributed by atoms with Gasteiger partial charge in [-0.3, -0.25) is 0 Å². The van der Waals surface area contributed by atoms with E-state index in [1.165, 1.54) is 13.8 Å². The lowest BCUT2D eigenvalue weighted by atomic mass is 9.97. The first-order chi connectivity index (χ1) is 17.6. The van der Waals surface area contributed by atoms with E-state index in [-0.39, 0.29) is 16.9 Å². The Morgan fingerprint density at radius 1 is 0.711 bits per heavy atom. The number of carbonyl (C=O) groups excluding carboxylic acids is 2. The quantitative estimate of drug-likeness (QED) is 0.143. The SMILES string of the molecule is C=C(C)C(=O)OC=COc1ccc(-c2ccc(OC=COC(=O)C(=C)C)c(C(F)(F)F)c2)c(C(F)(F)F)c1. The summed E-state index contributed by atoms with van der Waals surface area (Å²) in [7, 11) is 0. The number of esters is 2. The largest absolute Gasteiger partial charge is 0.462 e. The lowest BCUT2D eigenvalue weighted by Gasteiger charge is -2.17. The summed E-state index contributed by atoms with van der Waals surface area (Å²) < 4.78 is 101. The van der Waals surface area contributed by atoms with Crippen LogP contribution in [0.1, 0.15) is 25.0 Å². The van der Waals surface area contributed by atoms with Crippen LogP contribution in [0.5, 0.6) is 11.5 Å². The monoisotopic (exact) mass is 542 g/mol. The van der Waals surface area contributed by atoms with Gasteiger partial charge in [0, 0.05) is 11.1 Å². The van der Waals surface area contributed by atoms with E-state index >= 15 is 0 Å². The van der Waals surface area contributed by atoms with Crippen molar-refractivity contribution in [3.8, 4) is 22.6 Å². The van der Waals surface area contributed by atoms with Crippen LogP contribution in [-0.2, 0) is 31.4 Å². The summed E-state index contributed by atoms with van der Waals surface area (Å²) in [5.41, 5.74) is -3.51. The molecule has 0 atom stereocenters. The second-order valence-electron chi connectivity index (χ2n) is 7.57. The fourth-order valence-electron chi connectivity index (χ4n) is 2.69. The van der Waals surface area contributed by atoms with E-state index in [4.69, 9.17) is 9.47 Å². The summed E-state index contributed by atoms with van der Waals surface area (Å²) in [4.78, 5) is 22.6. The molecule has 38 heavy (non-hydrogen) atoms. The average Bonchev–Trinajstić information content (AvgIpc) is 2.82. The highest BCUT2D eigenvalue weighted by Crippen LogP contribution is 2.43. The van der Waals surface area contributed by atoms with Gasteiger partial charge < -0.3 is 18.9 Å². The second-order valence-corrected chi connectivity index (χ2v) is 7.57. The van der Waals surface area contributed by atoms with Crippen LogP contribution in [0.3, 0.4) is 0 Å². The van der Waals surface area contributed by atoms with Crippen LogP contribution in [-0.4, -0.2) is 11.9 Å². The van der Waals surface area contributed by atoms with Crippen LogP contribution in [0, 0.1) is 0 Å². The maximum atomic E-state index is 13.8. The van der Waals surface area contributed by atoms with Crippen LogP contribution in [0.25, 0.3) is 11.1 Å². The molecule has 0 aliphatic heterocycles. The number of rotatable bonds is 9. The molecule has 0 N–H and O–H groups in total. The summed E-state index contributed by atoms with van der Waals surface area (Å²) in [5, 5.41) is 0. The Morgan fingerprint density at radius 2 is 1.24 bits per heavy atom. The molecular weight excluding hydrogens is 522 g/mol. The third kappa shape index (κ3) is 8.29. The molecule has 2 aromatic carbocycles. The van der Waals surface area contributed by atoms with E-state index < -0.39 is 52.3 Å². The predicted octanol–water partition coefficient (Wildman–Crippen LogP) is 7.33. The Labute approximate surface area is 213 Å². The van der Waals surface area contributed by atoms with Gasteiger partial charge in [0.2, 0.25) is 0 Å². The number of ether oxygens (including phenoxy) is 4. The van der Waals surface area contributed by atoms with Crippen molar-refractivity contribution in [3.63, 3.8) is 0 Å². The maximum absolute atomic E-state index is 13.8.